The molecule has 1 atom stereocenters. The van der Waals surface area contributed by atoms with Crippen molar-refractivity contribution in [2.45, 2.75) is 59.8 Å². The van der Waals surface area contributed by atoms with Gasteiger partial charge in [0.05, 0.1) is 0 Å². The van der Waals surface area contributed by atoms with Crippen molar-refractivity contribution in [3.63, 3.8) is 0 Å². The van der Waals surface area contributed by atoms with Gasteiger partial charge in [-0.25, -0.2) is 0 Å². The minimum atomic E-state index is -1.37. The van der Waals surface area contributed by atoms with E-state index in [1.807, 2.05) is 0 Å². The van der Waals surface area contributed by atoms with Crippen LogP contribution in [-0.2, 0) is 40.9 Å². The third-order valence-electron chi connectivity index (χ3n) is 1.72. The second-order valence-electron chi connectivity index (χ2n) is 5.15. The minimum absolute atomic E-state index is 0. The Hall–Kier alpha value is 1.89. The second-order valence-corrected chi connectivity index (χ2v) is 18.2. The number of hydrogen-bond acceptors (Lipinski definition) is 2. The Kier molecular flexibility index (Phi) is 17.8. The van der Waals surface area contributed by atoms with Gasteiger partial charge in [0.15, 0.2) is 36.2 Å². The third kappa shape index (κ3) is 15.9. The van der Waals surface area contributed by atoms with Crippen LogP contribution < -0.4 is 0 Å². The van der Waals surface area contributed by atoms with Crippen molar-refractivity contribution >= 4 is 36.2 Å². The zero-order valence-corrected chi connectivity index (χ0v) is 17.8. The summed E-state index contributed by atoms with van der Waals surface area (Å²) in [5, 5.41) is 0. The third-order valence-corrected chi connectivity index (χ3v) is 15.5. The van der Waals surface area contributed by atoms with E-state index >= 15 is 0 Å². The van der Waals surface area contributed by atoms with Gasteiger partial charge in [-0.15, -0.1) is 0 Å². The van der Waals surface area contributed by atoms with Gasteiger partial charge >= 0.3 is 0 Å². The molecule has 0 aliphatic rings. The minimum Gasteiger partial charge on any atom is -0.461 e. The fraction of sp³-hybridized carbons (Fsp3) is 1.00. The average Bonchev–Trinajstić information content (AvgIpc) is 1.81. The van der Waals surface area contributed by atoms with Gasteiger partial charge in [-0.1, -0.05) is 14.9 Å². The van der Waals surface area contributed by atoms with Gasteiger partial charge in [0.25, 0.3) is 0 Å². The Balaban J connectivity index is -0.000000240. The zero-order chi connectivity index (χ0) is 10.7. The van der Waals surface area contributed by atoms with Crippen LogP contribution in [0.15, 0.2) is 0 Å². The summed E-state index contributed by atoms with van der Waals surface area (Å²) in [6.07, 6.45) is 0. The average molecular weight is 373 g/mol. The maximum Gasteiger partial charge on any atom is 0.172 e. The topological polar surface area (TPSA) is 18.5 Å². The van der Waals surface area contributed by atoms with Crippen LogP contribution >= 0.6 is 0 Å². The Morgan fingerprint density at radius 3 is 1.69 bits per heavy atom. The Labute approximate surface area is 136 Å². The molecule has 98 valence electrons. The molecule has 16 heavy (non-hydrogen) atoms. The van der Waals surface area contributed by atoms with E-state index in [4.69, 9.17) is 8.23 Å². The van der Waals surface area contributed by atoms with Crippen LogP contribution in [0.3, 0.4) is 0 Å². The predicted octanol–water partition coefficient (Wildman–Crippen LogP) is 2.77. The number of rotatable bonds is 5. The van der Waals surface area contributed by atoms with Crippen molar-refractivity contribution in [1.29, 1.82) is 0 Å². The monoisotopic (exact) mass is 372 g/mol. The summed E-state index contributed by atoms with van der Waals surface area (Å²) in [6, 6.07) is 0. The summed E-state index contributed by atoms with van der Waals surface area (Å²) < 4.78 is 11.7. The SMILES string of the molecule is C.C.C[SiH](C[Si](C)(C)O[SiH2])O[Si](C)(C)C.[Y]. The van der Waals surface area contributed by atoms with Crippen molar-refractivity contribution in [1.82, 2.24) is 0 Å². The molecule has 0 amide bonds. The van der Waals surface area contributed by atoms with E-state index in [0.717, 1.165) is 0 Å². The van der Waals surface area contributed by atoms with E-state index in [9.17, 15) is 0 Å². The van der Waals surface area contributed by atoms with Gasteiger partial charge in [-0.05, 0) is 44.9 Å². The molecule has 7 heteroatoms. The molecule has 0 aliphatic heterocycles. The second kappa shape index (κ2) is 10.8. The molecular formula is C9H31O2Si4Y. The summed E-state index contributed by atoms with van der Waals surface area (Å²) in [5.41, 5.74) is 1.24. The van der Waals surface area contributed by atoms with Crippen LogP contribution in [-0.4, -0.2) is 36.2 Å². The molecule has 0 aromatic carbocycles. The van der Waals surface area contributed by atoms with Crippen molar-refractivity contribution < 1.29 is 40.9 Å². The zero-order valence-electron chi connectivity index (χ0n) is 10.4. The van der Waals surface area contributed by atoms with E-state index in [1.165, 1.54) is 5.67 Å². The predicted molar refractivity (Wildman–Crippen MR) is 82.8 cm³/mol. The molecule has 0 rings (SSSR count). The number of hydrogen-bond donors (Lipinski definition) is 0. The molecule has 0 spiro atoms. The first-order valence-electron chi connectivity index (χ1n) is 4.77. The van der Waals surface area contributed by atoms with Crippen LogP contribution in [0.2, 0.25) is 44.9 Å². The molecule has 0 bridgehead atoms. The first-order valence-corrected chi connectivity index (χ1v) is 14.3. The maximum absolute atomic E-state index is 6.11. The van der Waals surface area contributed by atoms with Crippen LogP contribution in [0.5, 0.6) is 0 Å². The van der Waals surface area contributed by atoms with E-state index in [0.29, 0.717) is 0 Å². The molecule has 2 nitrogen and oxygen atoms in total. The Bertz CT molecular complexity index is 162. The van der Waals surface area contributed by atoms with Crippen LogP contribution in [0.4, 0.5) is 0 Å². The summed E-state index contributed by atoms with van der Waals surface area (Å²) in [5.74, 6) is 0. The Morgan fingerprint density at radius 1 is 1.06 bits per heavy atom. The van der Waals surface area contributed by atoms with Gasteiger partial charge in [0.2, 0.25) is 0 Å². The molecular weight excluding hydrogens is 341 g/mol. The largest absolute Gasteiger partial charge is 0.461 e. The van der Waals surface area contributed by atoms with Crippen molar-refractivity contribution in [3.05, 3.63) is 0 Å². The summed E-state index contributed by atoms with van der Waals surface area (Å²) in [4.78, 5) is 0. The fourth-order valence-electron chi connectivity index (χ4n) is 1.40. The van der Waals surface area contributed by atoms with Gasteiger partial charge < -0.3 is 8.23 Å². The van der Waals surface area contributed by atoms with E-state index < -0.39 is 25.7 Å². The molecule has 0 fully saturated rings. The molecule has 0 aromatic rings. The summed E-state index contributed by atoms with van der Waals surface area (Å²) >= 11 is 0. The maximum atomic E-state index is 6.11. The van der Waals surface area contributed by atoms with Crippen molar-refractivity contribution in [2.24, 2.45) is 0 Å². The molecule has 0 N–H and O–H groups in total. The first kappa shape index (κ1) is 26.5. The summed E-state index contributed by atoms with van der Waals surface area (Å²) in [7, 11) is -1.99. The first-order chi connectivity index (χ1) is 5.66. The van der Waals surface area contributed by atoms with Gasteiger partial charge in [0.1, 0.15) is 0 Å². The fourth-order valence-corrected chi connectivity index (χ4v) is 14.4. The van der Waals surface area contributed by atoms with Crippen LogP contribution in [0.1, 0.15) is 14.9 Å². The van der Waals surface area contributed by atoms with Crippen LogP contribution in [0.25, 0.3) is 0 Å². The Morgan fingerprint density at radius 2 is 1.44 bits per heavy atom. The standard InChI is InChI=1S/C7H23O2Si4.2CH4.Y/c1-11(9-12(2,3)4)7-13(5,6)8-10;;;/h11H,7,10H2,1-6H3;2*1H4;. The van der Waals surface area contributed by atoms with Crippen LogP contribution in [0, 0.1) is 0 Å². The normalized spacial score (nSPS) is 12.9. The molecule has 0 aliphatic carbocycles. The molecule has 2 radical (unpaired) electrons. The van der Waals surface area contributed by atoms with E-state index in [2.05, 4.69) is 39.3 Å². The molecule has 0 saturated heterocycles. The van der Waals surface area contributed by atoms with E-state index in [1.54, 1.807) is 10.5 Å². The molecule has 0 heterocycles. The molecule has 0 aromatic heterocycles. The van der Waals surface area contributed by atoms with E-state index in [-0.39, 0.29) is 47.6 Å². The van der Waals surface area contributed by atoms with Gasteiger partial charge in [-0.3, -0.25) is 0 Å². The van der Waals surface area contributed by atoms with Gasteiger partial charge in [0, 0.05) is 32.7 Å². The molecule has 0 saturated carbocycles. The van der Waals surface area contributed by atoms with Crippen molar-refractivity contribution in [3.8, 4) is 0 Å². The summed E-state index contributed by atoms with van der Waals surface area (Å²) in [6.45, 7) is 13.6. The molecule has 1 unspecified atom stereocenters. The van der Waals surface area contributed by atoms with Crippen molar-refractivity contribution in [2.75, 3.05) is 0 Å². The van der Waals surface area contributed by atoms with Gasteiger partial charge in [-0.2, -0.15) is 0 Å². The smallest absolute Gasteiger partial charge is 0.172 e. The quantitative estimate of drug-likeness (QED) is 0.691.